The van der Waals surface area contributed by atoms with Crippen LogP contribution in [-0.4, -0.2) is 11.0 Å². The molecule has 0 bridgehead atoms. The largest absolute Gasteiger partial charge is 0.461 e. The van der Waals surface area contributed by atoms with E-state index in [2.05, 4.69) is 4.98 Å². The molecule has 142 valence electrons. The highest BCUT2D eigenvalue weighted by Crippen LogP contribution is 2.26. The van der Waals surface area contributed by atoms with Crippen molar-refractivity contribution in [2.45, 2.75) is 26.4 Å². The smallest absolute Gasteiger partial charge is 0.336 e. The molecule has 0 spiro atoms. The van der Waals surface area contributed by atoms with E-state index in [0.29, 0.717) is 28.0 Å². The number of hydrogen-bond acceptors (Lipinski definition) is 6. The summed E-state index contributed by atoms with van der Waals surface area (Å²) in [5.41, 5.74) is 2.25. The van der Waals surface area contributed by atoms with Crippen molar-refractivity contribution < 1.29 is 13.9 Å². The van der Waals surface area contributed by atoms with Crippen LogP contribution in [0, 0.1) is 6.92 Å². The Labute approximate surface area is 169 Å². The minimum atomic E-state index is -0.491. The Bertz CT molecular complexity index is 1210. The third-order valence-electron chi connectivity index (χ3n) is 4.38. The standard InChI is InChI=1S/C21H16ClNO4S/c1-12-8-17-14(10-15(12)22)13(9-21(25)27-17)11-26-20(24)7-6-19-23-16-4-2-3-5-18(16)28-19/h2-5,8-10H,6-7,11H2,1H3. The SMILES string of the molecule is Cc1cc2oc(=O)cc(COC(=O)CCc3nc4ccccc4s3)c2cc1Cl. The summed E-state index contributed by atoms with van der Waals surface area (Å²) in [6.45, 7) is 1.82. The van der Waals surface area contributed by atoms with Crippen molar-refractivity contribution in [1.82, 2.24) is 4.98 Å². The van der Waals surface area contributed by atoms with Crippen LogP contribution in [0.1, 0.15) is 22.6 Å². The fraction of sp³-hybridized carbons (Fsp3) is 0.190. The van der Waals surface area contributed by atoms with Crippen LogP contribution in [0.15, 0.2) is 51.7 Å². The number of nitrogens with zero attached hydrogens (tertiary/aromatic N) is 1. The molecule has 0 radical (unpaired) electrons. The van der Waals surface area contributed by atoms with Crippen LogP contribution in [0.5, 0.6) is 0 Å². The maximum atomic E-state index is 12.2. The molecule has 0 aliphatic heterocycles. The average Bonchev–Trinajstić information content (AvgIpc) is 3.09. The first-order valence-corrected chi connectivity index (χ1v) is 9.92. The molecule has 0 saturated heterocycles. The van der Waals surface area contributed by atoms with E-state index in [1.165, 1.54) is 6.07 Å². The Morgan fingerprint density at radius 2 is 2.07 bits per heavy atom. The number of aromatic nitrogens is 1. The van der Waals surface area contributed by atoms with E-state index in [1.54, 1.807) is 23.5 Å². The first-order valence-electron chi connectivity index (χ1n) is 8.72. The second-order valence-corrected chi connectivity index (χ2v) is 7.95. The van der Waals surface area contributed by atoms with Gasteiger partial charge in [0.2, 0.25) is 0 Å². The van der Waals surface area contributed by atoms with Gasteiger partial charge in [-0.3, -0.25) is 4.79 Å². The molecule has 0 aliphatic rings. The molecule has 7 heteroatoms. The number of aryl methyl sites for hydroxylation is 2. The molecule has 4 aromatic rings. The summed E-state index contributed by atoms with van der Waals surface area (Å²) in [6, 6.07) is 12.6. The van der Waals surface area contributed by atoms with E-state index in [4.69, 9.17) is 20.8 Å². The lowest BCUT2D eigenvalue weighted by atomic mass is 10.1. The molecule has 0 unspecified atom stereocenters. The predicted molar refractivity (Wildman–Crippen MR) is 110 cm³/mol. The summed E-state index contributed by atoms with van der Waals surface area (Å²) >= 11 is 7.75. The molecule has 4 rings (SSSR count). The van der Waals surface area contributed by atoms with E-state index in [1.807, 2.05) is 31.2 Å². The van der Waals surface area contributed by atoms with Crippen molar-refractivity contribution >= 4 is 50.1 Å². The summed E-state index contributed by atoms with van der Waals surface area (Å²) in [5, 5.41) is 2.12. The van der Waals surface area contributed by atoms with Gasteiger partial charge in [0.25, 0.3) is 0 Å². The lowest BCUT2D eigenvalue weighted by Crippen LogP contribution is -2.08. The Kier molecular flexibility index (Phi) is 5.15. The van der Waals surface area contributed by atoms with Crippen LogP contribution in [0.25, 0.3) is 21.2 Å². The number of para-hydroxylation sites is 1. The fourth-order valence-corrected chi connectivity index (χ4v) is 4.06. The molecular weight excluding hydrogens is 398 g/mol. The second kappa shape index (κ2) is 7.73. The molecule has 0 fully saturated rings. The van der Waals surface area contributed by atoms with Gasteiger partial charge >= 0.3 is 11.6 Å². The van der Waals surface area contributed by atoms with Crippen LogP contribution < -0.4 is 5.63 Å². The van der Waals surface area contributed by atoms with Crippen molar-refractivity contribution in [3.8, 4) is 0 Å². The van der Waals surface area contributed by atoms with Gasteiger partial charge in [0.1, 0.15) is 12.2 Å². The zero-order chi connectivity index (χ0) is 19.7. The van der Waals surface area contributed by atoms with Gasteiger partial charge in [0.15, 0.2) is 0 Å². The number of thiazole rings is 1. The number of ether oxygens (including phenoxy) is 1. The molecule has 2 aromatic carbocycles. The molecule has 0 saturated carbocycles. The van der Waals surface area contributed by atoms with E-state index >= 15 is 0 Å². The number of rotatable bonds is 5. The third-order valence-corrected chi connectivity index (χ3v) is 5.88. The topological polar surface area (TPSA) is 69.4 Å². The summed E-state index contributed by atoms with van der Waals surface area (Å²) in [5.74, 6) is -0.348. The van der Waals surface area contributed by atoms with E-state index < -0.39 is 5.63 Å². The normalized spacial score (nSPS) is 11.2. The van der Waals surface area contributed by atoms with Crippen LogP contribution in [-0.2, 0) is 22.6 Å². The molecular formula is C21H16ClNO4S. The van der Waals surface area contributed by atoms with Crippen LogP contribution in [0.3, 0.4) is 0 Å². The first kappa shape index (κ1) is 18.7. The highest BCUT2D eigenvalue weighted by Gasteiger charge is 2.12. The molecule has 28 heavy (non-hydrogen) atoms. The van der Waals surface area contributed by atoms with Gasteiger partial charge in [0.05, 0.1) is 21.6 Å². The van der Waals surface area contributed by atoms with Crippen LogP contribution in [0.4, 0.5) is 0 Å². The van der Waals surface area contributed by atoms with E-state index in [0.717, 1.165) is 20.8 Å². The first-order chi connectivity index (χ1) is 13.5. The summed E-state index contributed by atoms with van der Waals surface area (Å²) in [6.07, 6.45) is 0.736. The molecule has 2 aromatic heterocycles. The maximum Gasteiger partial charge on any atom is 0.336 e. The molecule has 2 heterocycles. The molecule has 5 nitrogen and oxygen atoms in total. The van der Waals surface area contributed by atoms with Gasteiger partial charge in [0, 0.05) is 28.5 Å². The van der Waals surface area contributed by atoms with Crippen molar-refractivity contribution in [2.24, 2.45) is 0 Å². The molecule has 0 aliphatic carbocycles. The maximum absolute atomic E-state index is 12.2. The number of carbonyl (C=O) groups excluding carboxylic acids is 1. The van der Waals surface area contributed by atoms with Gasteiger partial charge in [-0.25, -0.2) is 9.78 Å². The van der Waals surface area contributed by atoms with E-state index in [-0.39, 0.29) is 19.0 Å². The highest BCUT2D eigenvalue weighted by molar-refractivity contribution is 7.18. The minimum Gasteiger partial charge on any atom is -0.461 e. The van der Waals surface area contributed by atoms with Crippen LogP contribution >= 0.6 is 22.9 Å². The number of benzene rings is 2. The Hall–Kier alpha value is -2.70. The number of carbonyl (C=O) groups is 1. The van der Waals surface area contributed by atoms with Crippen LogP contribution in [0.2, 0.25) is 5.02 Å². The number of hydrogen-bond donors (Lipinski definition) is 0. The molecule has 0 amide bonds. The van der Waals surface area contributed by atoms with Gasteiger partial charge in [-0.15, -0.1) is 11.3 Å². The van der Waals surface area contributed by atoms with Gasteiger partial charge < -0.3 is 9.15 Å². The summed E-state index contributed by atoms with van der Waals surface area (Å²) in [7, 11) is 0. The molecule has 0 N–H and O–H groups in total. The zero-order valence-electron chi connectivity index (χ0n) is 15.0. The van der Waals surface area contributed by atoms with Crippen molar-refractivity contribution in [3.63, 3.8) is 0 Å². The summed E-state index contributed by atoms with van der Waals surface area (Å²) < 4.78 is 11.7. The highest BCUT2D eigenvalue weighted by atomic mass is 35.5. The Balaban J connectivity index is 1.44. The number of halogens is 1. The minimum absolute atomic E-state index is 0.0137. The van der Waals surface area contributed by atoms with Crippen molar-refractivity contribution in [3.05, 3.63) is 74.0 Å². The zero-order valence-corrected chi connectivity index (χ0v) is 16.6. The van der Waals surface area contributed by atoms with Gasteiger partial charge in [-0.05, 0) is 36.8 Å². The third kappa shape index (κ3) is 3.93. The average molecular weight is 414 g/mol. The number of esters is 1. The summed E-state index contributed by atoms with van der Waals surface area (Å²) in [4.78, 5) is 28.5. The van der Waals surface area contributed by atoms with Crippen molar-refractivity contribution in [2.75, 3.05) is 0 Å². The van der Waals surface area contributed by atoms with Gasteiger partial charge in [-0.1, -0.05) is 23.7 Å². The Morgan fingerprint density at radius 1 is 1.25 bits per heavy atom. The lowest BCUT2D eigenvalue weighted by Gasteiger charge is -2.08. The second-order valence-electron chi connectivity index (χ2n) is 6.42. The van der Waals surface area contributed by atoms with E-state index in [9.17, 15) is 9.59 Å². The Morgan fingerprint density at radius 3 is 2.89 bits per heavy atom. The quantitative estimate of drug-likeness (QED) is 0.338. The van der Waals surface area contributed by atoms with Gasteiger partial charge in [-0.2, -0.15) is 0 Å². The van der Waals surface area contributed by atoms with Crippen molar-refractivity contribution in [1.29, 1.82) is 0 Å². The molecule has 0 atom stereocenters. The monoisotopic (exact) mass is 413 g/mol. The lowest BCUT2D eigenvalue weighted by molar-refractivity contribution is -0.144. The fourth-order valence-electron chi connectivity index (χ4n) is 2.93. The predicted octanol–water partition coefficient (Wildman–Crippen LogP) is 5.04. The number of fused-ring (bicyclic) bond motifs is 2.